The second-order valence-corrected chi connectivity index (χ2v) is 7.12. The Balaban J connectivity index is 3.07. The molecule has 4 unspecified atom stereocenters. The molecule has 16 nitrogen and oxygen atoms in total. The summed E-state index contributed by atoms with van der Waals surface area (Å²) in [4.78, 5) is 77.1. The first-order valence-corrected chi connectivity index (χ1v) is 9.85. The molecule has 1 aromatic rings. The van der Waals surface area contributed by atoms with Crippen molar-refractivity contribution < 1.29 is 49.2 Å². The highest BCUT2D eigenvalue weighted by Gasteiger charge is 2.31. The second kappa shape index (κ2) is 13.5. The van der Waals surface area contributed by atoms with E-state index in [2.05, 4.69) is 20.6 Å². The van der Waals surface area contributed by atoms with Gasteiger partial charge in [0.1, 0.15) is 24.2 Å². The molecule has 1 aromatic heterocycles. The number of carboxylic acids is 3. The zero-order valence-electron chi connectivity index (χ0n) is 17.8. The minimum absolute atomic E-state index is 0.153. The van der Waals surface area contributed by atoms with Crippen LogP contribution in [0.1, 0.15) is 25.0 Å². The number of nitrogens with zero attached hydrogens (tertiary/aromatic N) is 1. The maximum atomic E-state index is 12.9. The minimum atomic E-state index is -1.84. The van der Waals surface area contributed by atoms with Crippen molar-refractivity contribution in [2.45, 2.75) is 49.9 Å². The van der Waals surface area contributed by atoms with E-state index in [0.29, 0.717) is 5.69 Å². The Kier molecular flexibility index (Phi) is 11.1. The Morgan fingerprint density at radius 1 is 0.912 bits per heavy atom. The van der Waals surface area contributed by atoms with Crippen LogP contribution in [0.25, 0.3) is 0 Å². The van der Waals surface area contributed by atoms with Crippen molar-refractivity contribution in [1.29, 1.82) is 0 Å². The number of aliphatic hydroxyl groups excluding tert-OH is 1. The molecule has 0 aliphatic rings. The van der Waals surface area contributed by atoms with Crippen molar-refractivity contribution in [3.05, 3.63) is 18.2 Å². The molecular formula is C18H26N6O10. The number of aromatic amines is 1. The highest BCUT2D eigenvalue weighted by molar-refractivity contribution is 5.95. The first-order valence-electron chi connectivity index (χ1n) is 9.85. The Morgan fingerprint density at radius 3 is 2.00 bits per heavy atom. The molecule has 0 aliphatic heterocycles. The Hall–Kier alpha value is -4.05. The number of carbonyl (C=O) groups is 6. The molecule has 1 heterocycles. The van der Waals surface area contributed by atoms with E-state index in [1.165, 1.54) is 12.5 Å². The number of nitrogens with two attached hydrogens (primary N) is 1. The van der Waals surface area contributed by atoms with E-state index >= 15 is 0 Å². The van der Waals surface area contributed by atoms with Crippen molar-refractivity contribution in [1.82, 2.24) is 25.9 Å². The van der Waals surface area contributed by atoms with Gasteiger partial charge in [-0.25, -0.2) is 9.78 Å². The van der Waals surface area contributed by atoms with E-state index in [1.807, 2.05) is 5.32 Å². The summed E-state index contributed by atoms with van der Waals surface area (Å²) in [6.07, 6.45) is 0.493. The van der Waals surface area contributed by atoms with Crippen molar-refractivity contribution >= 4 is 35.6 Å². The standard InChI is InChI=1S/C18H26N6O10/c19-9(6-25)15(30)23-11(3-8-5-20-7-21-8)17(32)22-10(1-2-13(26)27)16(31)24-12(18(33)34)4-14(28)29/h5,7,9-12,25H,1-4,6,19H2,(H,20,21)(H,22,32)(H,23,30)(H,24,31)(H,26,27)(H,28,29)(H,33,34). The molecule has 4 atom stereocenters. The fourth-order valence-electron chi connectivity index (χ4n) is 2.64. The monoisotopic (exact) mass is 486 g/mol. The van der Waals surface area contributed by atoms with Crippen LogP contribution in [0.15, 0.2) is 12.5 Å². The molecule has 188 valence electrons. The van der Waals surface area contributed by atoms with Crippen LogP contribution in [0.5, 0.6) is 0 Å². The molecule has 0 aliphatic carbocycles. The summed E-state index contributed by atoms with van der Waals surface area (Å²) in [5.74, 6) is -7.46. The molecule has 3 amide bonds. The summed E-state index contributed by atoms with van der Waals surface area (Å²) in [6.45, 7) is -0.714. The van der Waals surface area contributed by atoms with Gasteiger partial charge in [0.15, 0.2) is 0 Å². The molecule has 0 saturated heterocycles. The summed E-state index contributed by atoms with van der Waals surface area (Å²) in [6, 6.07) is -6.11. The topological polar surface area (TPSA) is 274 Å². The van der Waals surface area contributed by atoms with Gasteiger partial charge in [-0.1, -0.05) is 0 Å². The fourth-order valence-corrected chi connectivity index (χ4v) is 2.64. The molecule has 10 N–H and O–H groups in total. The van der Waals surface area contributed by atoms with Crippen molar-refractivity contribution in [2.24, 2.45) is 5.73 Å². The molecule has 0 radical (unpaired) electrons. The van der Waals surface area contributed by atoms with E-state index in [0.717, 1.165) is 0 Å². The van der Waals surface area contributed by atoms with E-state index in [4.69, 9.17) is 26.2 Å². The molecule has 34 heavy (non-hydrogen) atoms. The predicted octanol–water partition coefficient (Wildman–Crippen LogP) is -3.85. The number of amides is 3. The van der Waals surface area contributed by atoms with Crippen molar-refractivity contribution in [3.63, 3.8) is 0 Å². The number of carbonyl (C=O) groups excluding carboxylic acids is 3. The van der Waals surface area contributed by atoms with E-state index in [-0.39, 0.29) is 6.42 Å². The Morgan fingerprint density at radius 2 is 1.50 bits per heavy atom. The number of carboxylic acid groups (broad SMARTS) is 3. The first kappa shape index (κ1) is 28.0. The van der Waals surface area contributed by atoms with Crippen molar-refractivity contribution in [2.75, 3.05) is 6.61 Å². The molecule has 16 heteroatoms. The summed E-state index contributed by atoms with van der Waals surface area (Å²) < 4.78 is 0. The summed E-state index contributed by atoms with van der Waals surface area (Å²) in [5.41, 5.74) is 5.84. The quantitative estimate of drug-likeness (QED) is 0.115. The van der Waals surface area contributed by atoms with Gasteiger partial charge < -0.3 is 47.1 Å². The van der Waals surface area contributed by atoms with Gasteiger partial charge >= 0.3 is 17.9 Å². The lowest BCUT2D eigenvalue weighted by Crippen LogP contribution is -2.58. The van der Waals surface area contributed by atoms with Crippen LogP contribution in [-0.2, 0) is 35.2 Å². The Labute approximate surface area is 191 Å². The lowest BCUT2D eigenvalue weighted by molar-refractivity contribution is -0.147. The van der Waals surface area contributed by atoms with Gasteiger partial charge in [0.2, 0.25) is 17.7 Å². The maximum Gasteiger partial charge on any atom is 0.326 e. The van der Waals surface area contributed by atoms with Gasteiger partial charge in [0.05, 0.1) is 19.4 Å². The van der Waals surface area contributed by atoms with Crippen LogP contribution in [-0.4, -0.2) is 96.8 Å². The maximum absolute atomic E-state index is 12.9. The first-order chi connectivity index (χ1) is 15.9. The van der Waals surface area contributed by atoms with Crippen LogP contribution < -0.4 is 21.7 Å². The number of imidazole rings is 1. The van der Waals surface area contributed by atoms with Crippen LogP contribution in [0.2, 0.25) is 0 Å². The van der Waals surface area contributed by atoms with Gasteiger partial charge in [0.25, 0.3) is 0 Å². The minimum Gasteiger partial charge on any atom is -0.481 e. The summed E-state index contributed by atoms with van der Waals surface area (Å²) >= 11 is 0. The van der Waals surface area contributed by atoms with Crippen LogP contribution in [0.4, 0.5) is 0 Å². The van der Waals surface area contributed by atoms with Gasteiger partial charge in [-0.15, -0.1) is 0 Å². The highest BCUT2D eigenvalue weighted by atomic mass is 16.4. The molecular weight excluding hydrogens is 460 g/mol. The van der Waals surface area contributed by atoms with E-state index in [9.17, 15) is 28.8 Å². The number of aliphatic hydroxyl groups is 1. The normalized spacial score (nSPS) is 14.2. The van der Waals surface area contributed by atoms with Gasteiger partial charge in [-0.2, -0.15) is 0 Å². The average Bonchev–Trinajstić information content (AvgIpc) is 3.27. The number of hydrogen-bond acceptors (Lipinski definition) is 9. The number of H-pyrrole nitrogens is 1. The molecule has 0 bridgehead atoms. The van der Waals surface area contributed by atoms with E-state index in [1.54, 1.807) is 0 Å². The predicted molar refractivity (Wildman–Crippen MR) is 110 cm³/mol. The number of aliphatic carboxylic acids is 3. The van der Waals surface area contributed by atoms with Gasteiger partial charge in [0, 0.05) is 24.7 Å². The van der Waals surface area contributed by atoms with Gasteiger partial charge in [-0.3, -0.25) is 24.0 Å². The Bertz CT molecular complexity index is 890. The van der Waals surface area contributed by atoms with Crippen molar-refractivity contribution in [3.8, 4) is 0 Å². The SMILES string of the molecule is NC(CO)C(=O)NC(Cc1cnc[nH]1)C(=O)NC(CCC(=O)O)C(=O)NC(CC(=O)O)C(=O)O. The molecule has 1 rings (SSSR count). The molecule has 0 spiro atoms. The van der Waals surface area contributed by atoms with Crippen LogP contribution in [0, 0.1) is 0 Å². The molecule has 0 saturated carbocycles. The third-order valence-electron chi connectivity index (χ3n) is 4.42. The molecule has 0 fully saturated rings. The number of rotatable bonds is 15. The molecule has 0 aromatic carbocycles. The number of aromatic nitrogens is 2. The number of nitrogens with one attached hydrogen (secondary N) is 4. The lowest BCUT2D eigenvalue weighted by atomic mass is 10.1. The van der Waals surface area contributed by atoms with Crippen LogP contribution in [0.3, 0.4) is 0 Å². The third kappa shape index (κ3) is 9.61. The smallest absolute Gasteiger partial charge is 0.326 e. The van der Waals surface area contributed by atoms with Gasteiger partial charge in [-0.05, 0) is 6.42 Å². The fraction of sp³-hybridized carbons (Fsp3) is 0.500. The number of hydrogen-bond donors (Lipinski definition) is 9. The zero-order chi connectivity index (χ0) is 25.8. The second-order valence-electron chi connectivity index (χ2n) is 7.12. The largest absolute Gasteiger partial charge is 0.481 e. The third-order valence-corrected chi connectivity index (χ3v) is 4.42. The van der Waals surface area contributed by atoms with Crippen LogP contribution >= 0.6 is 0 Å². The average molecular weight is 486 g/mol. The summed E-state index contributed by atoms with van der Waals surface area (Å²) in [5, 5.41) is 42.4. The van der Waals surface area contributed by atoms with E-state index < -0.39 is 85.7 Å². The highest BCUT2D eigenvalue weighted by Crippen LogP contribution is 2.05. The summed E-state index contributed by atoms with van der Waals surface area (Å²) in [7, 11) is 0. The zero-order valence-corrected chi connectivity index (χ0v) is 17.8. The lowest BCUT2D eigenvalue weighted by Gasteiger charge is -2.24.